The predicted octanol–water partition coefficient (Wildman–Crippen LogP) is 7.30. The molecule has 9 N–H and O–H groups in total. The molecule has 73 heavy (non-hydrogen) atoms. The summed E-state index contributed by atoms with van der Waals surface area (Å²) in [6, 6.07) is 21.3. The molecule has 0 heterocycles. The summed E-state index contributed by atoms with van der Waals surface area (Å²) < 4.78 is 24.7. The van der Waals surface area contributed by atoms with Crippen molar-refractivity contribution in [1.29, 1.82) is 0 Å². The van der Waals surface area contributed by atoms with Gasteiger partial charge in [0.05, 0.1) is 26.1 Å². The van der Waals surface area contributed by atoms with E-state index in [4.69, 9.17) is 29.8 Å². The zero-order valence-corrected chi connectivity index (χ0v) is 43.8. The number of nitrogens with one attached hydrogen (secondary N) is 6. The Labute approximate surface area is 427 Å². The van der Waals surface area contributed by atoms with Gasteiger partial charge < -0.3 is 50.5 Å². The van der Waals surface area contributed by atoms with Crippen molar-refractivity contribution >= 4 is 71.5 Å². The third-order valence-electron chi connectivity index (χ3n) is 8.08. The first-order valence-corrected chi connectivity index (χ1v) is 23.3. The van der Waals surface area contributed by atoms with E-state index in [1.807, 2.05) is 32.9 Å². The van der Waals surface area contributed by atoms with E-state index in [1.54, 1.807) is 116 Å². The van der Waals surface area contributed by atoms with Gasteiger partial charge in [0.2, 0.25) is 18.2 Å². The summed E-state index contributed by atoms with van der Waals surface area (Å²) in [5, 5.41) is 23.9. The molecule has 0 spiro atoms. The minimum absolute atomic E-state index is 0.0443. The first-order valence-electron chi connectivity index (χ1n) is 23.3. The average Bonchev–Trinajstić information content (AvgIpc) is 3.28. The molecule has 0 aliphatic carbocycles. The van der Waals surface area contributed by atoms with Gasteiger partial charge in [0, 0.05) is 49.5 Å². The van der Waals surface area contributed by atoms with Crippen molar-refractivity contribution < 1.29 is 71.9 Å². The maximum Gasteiger partial charge on any atom is 0.412 e. The monoisotopic (exact) mass is 1030 g/mol. The van der Waals surface area contributed by atoms with Gasteiger partial charge in [-0.3, -0.25) is 44.7 Å². The van der Waals surface area contributed by atoms with Gasteiger partial charge in [0.15, 0.2) is 0 Å². The van der Waals surface area contributed by atoms with E-state index in [9.17, 15) is 43.2 Å². The van der Waals surface area contributed by atoms with E-state index in [-0.39, 0.29) is 50.0 Å². The molecule has 0 aliphatic rings. The van der Waals surface area contributed by atoms with E-state index in [0.29, 0.717) is 56.3 Å². The van der Waals surface area contributed by atoms with Gasteiger partial charge in [-0.25, -0.2) is 14.4 Å². The molecule has 22 nitrogen and oxygen atoms in total. The summed E-state index contributed by atoms with van der Waals surface area (Å²) in [5.41, 5.74) is 8.49. The molecule has 0 radical (unpaired) electrons. The number of aliphatic carboxylic acids is 1. The largest absolute Gasteiger partial charge is 0.481 e. The molecule has 0 saturated carbocycles. The second kappa shape index (κ2) is 34.6. The summed E-state index contributed by atoms with van der Waals surface area (Å²) >= 11 is 0. The number of esters is 2. The van der Waals surface area contributed by atoms with Crippen LogP contribution in [0.4, 0.5) is 31.4 Å². The van der Waals surface area contributed by atoms with Gasteiger partial charge >= 0.3 is 36.2 Å². The van der Waals surface area contributed by atoms with Crippen LogP contribution in [0.25, 0.3) is 0 Å². The van der Waals surface area contributed by atoms with Gasteiger partial charge in [-0.05, 0) is 129 Å². The lowest BCUT2D eigenvalue weighted by Gasteiger charge is -2.19. The molecule has 0 unspecified atom stereocenters. The summed E-state index contributed by atoms with van der Waals surface area (Å²) in [6.07, 6.45) is -1.13. The molecule has 0 atom stereocenters. The number of nitrogens with two attached hydrogens (primary N) is 1. The molecule has 0 aliphatic heterocycles. The van der Waals surface area contributed by atoms with Crippen LogP contribution in [0.5, 0.6) is 0 Å². The highest BCUT2D eigenvalue weighted by Gasteiger charge is 2.18. The molecule has 404 valence electrons. The smallest absolute Gasteiger partial charge is 0.412 e. The number of carboxylic acids is 1. The Balaban J connectivity index is 0.000000998. The van der Waals surface area contributed by atoms with Gasteiger partial charge in [-0.1, -0.05) is 36.4 Å². The van der Waals surface area contributed by atoms with Crippen LogP contribution in [0.2, 0.25) is 0 Å². The molecular formula is C51H75N7O15. The highest BCUT2D eigenvalue weighted by atomic mass is 16.6. The maximum absolute atomic E-state index is 11.7. The van der Waals surface area contributed by atoms with Gasteiger partial charge in [-0.15, -0.1) is 0 Å². The van der Waals surface area contributed by atoms with Gasteiger partial charge in [0.25, 0.3) is 0 Å². The number of ether oxygens (including phenoxy) is 5. The van der Waals surface area contributed by atoms with E-state index >= 15 is 0 Å². The number of anilines is 3. The Morgan fingerprint density at radius 2 is 0.836 bits per heavy atom. The molecule has 3 aromatic rings. The topological polar surface area (TPSA) is 318 Å². The molecule has 3 rings (SSSR count). The number of hydrogen-bond donors (Lipinski definition) is 8. The highest BCUT2D eigenvalue weighted by molar-refractivity contribution is 5.86. The van der Waals surface area contributed by atoms with Crippen LogP contribution in [-0.4, -0.2) is 96.1 Å². The average molecular weight is 1030 g/mol. The number of carbonyl (C=O) groups excluding carboxylic acids is 8. The Bertz CT molecular complexity index is 2180. The van der Waals surface area contributed by atoms with Crippen LogP contribution in [-0.2, 0) is 72.1 Å². The lowest BCUT2D eigenvalue weighted by atomic mass is 10.2. The van der Waals surface area contributed by atoms with Gasteiger partial charge in [0.1, 0.15) is 23.3 Å². The third-order valence-corrected chi connectivity index (χ3v) is 8.08. The number of amides is 6. The number of hydrogen-bond acceptors (Lipinski definition) is 15. The first kappa shape index (κ1) is 65.2. The second-order valence-corrected chi connectivity index (χ2v) is 18.2. The second-order valence-electron chi connectivity index (χ2n) is 18.2. The fourth-order valence-corrected chi connectivity index (χ4v) is 4.98. The van der Waals surface area contributed by atoms with Gasteiger partial charge in [-0.2, -0.15) is 0 Å². The molecule has 0 aromatic heterocycles. The zero-order valence-electron chi connectivity index (χ0n) is 43.8. The molecule has 3 aromatic carbocycles. The molecule has 0 bridgehead atoms. The van der Waals surface area contributed by atoms with Crippen molar-refractivity contribution in [2.45, 2.75) is 138 Å². The Morgan fingerprint density at radius 3 is 1.14 bits per heavy atom. The molecule has 0 saturated heterocycles. The van der Waals surface area contributed by atoms with Crippen molar-refractivity contribution in [1.82, 2.24) is 16.0 Å². The minimum Gasteiger partial charge on any atom is -0.481 e. The van der Waals surface area contributed by atoms with Crippen molar-refractivity contribution in [3.05, 3.63) is 89.5 Å². The normalized spacial score (nSPS) is 10.5. The van der Waals surface area contributed by atoms with Crippen LogP contribution >= 0.6 is 0 Å². The third kappa shape index (κ3) is 37.7. The van der Waals surface area contributed by atoms with Crippen LogP contribution in [0.3, 0.4) is 0 Å². The quantitative estimate of drug-likeness (QED) is 0.0332. The number of rotatable bonds is 19. The standard InChI is InChI=1S/C18H26N2O5.C16H22N2O5.C12H18N2O2.C5H9NO3/c1-5-24-16(22)11-10-15(21)19-12-13-6-8-14(9-7-13)20-17(23)25-18(2,3)4;1-16(2,3)23-15(22)18-12-6-4-11(5-7-12)10-17-13(19)8-9-14(20)21;1-12(2,3)16-11(15)14-10-6-4-9(8-13)5-7-10;1-2-9-5(8)3-6-4-7/h6-9H,5,10-12H2,1-4H3,(H,19,21)(H,20,23);4-7H,8-10H2,1-3H3,(H,17,19)(H,18,22)(H,20,21);4-7H,8,13H2,1-3H3,(H,14,15);4H,2-3H2,1H3,(H,6,7). The molecule has 0 fully saturated rings. The molecule has 6 amide bonds. The van der Waals surface area contributed by atoms with Crippen molar-refractivity contribution in [3.8, 4) is 0 Å². The van der Waals surface area contributed by atoms with E-state index in [0.717, 1.165) is 16.7 Å². The predicted molar refractivity (Wildman–Crippen MR) is 274 cm³/mol. The summed E-state index contributed by atoms with van der Waals surface area (Å²) in [4.78, 5) is 99.3. The minimum atomic E-state index is -1.00. The van der Waals surface area contributed by atoms with Crippen molar-refractivity contribution in [3.63, 3.8) is 0 Å². The van der Waals surface area contributed by atoms with E-state index < -0.39 is 47.0 Å². The fraction of sp³-hybridized carbons (Fsp3) is 0.471. The molecule has 22 heteroatoms. The SMILES string of the molecule is CC(C)(C)OC(=O)Nc1ccc(CN)cc1.CC(C)(C)OC(=O)Nc1ccc(CNC(=O)CCC(=O)O)cc1.CCOC(=O)CCC(=O)NCc1ccc(NC(=O)OC(C)(C)C)cc1.CCOC(=O)CNC=O. The fourth-order valence-electron chi connectivity index (χ4n) is 4.98. The number of benzene rings is 3. The Hall–Kier alpha value is -7.75. The van der Waals surface area contributed by atoms with Crippen LogP contribution in [0.15, 0.2) is 72.8 Å². The zero-order chi connectivity index (χ0) is 55.6. The number of carboxylic acid groups (broad SMARTS) is 1. The summed E-state index contributed by atoms with van der Waals surface area (Å²) in [7, 11) is 0. The Morgan fingerprint density at radius 1 is 0.507 bits per heavy atom. The van der Waals surface area contributed by atoms with Crippen LogP contribution in [0.1, 0.15) is 119 Å². The van der Waals surface area contributed by atoms with E-state index in [2.05, 4.69) is 36.6 Å². The van der Waals surface area contributed by atoms with Crippen molar-refractivity contribution in [2.24, 2.45) is 5.73 Å². The van der Waals surface area contributed by atoms with Crippen molar-refractivity contribution in [2.75, 3.05) is 35.7 Å². The lowest BCUT2D eigenvalue weighted by molar-refractivity contribution is -0.144. The van der Waals surface area contributed by atoms with E-state index in [1.165, 1.54) is 0 Å². The number of carbonyl (C=O) groups is 9. The molecular weight excluding hydrogens is 951 g/mol. The first-order chi connectivity index (χ1) is 34.1. The van der Waals surface area contributed by atoms with Crippen LogP contribution < -0.4 is 37.6 Å². The lowest BCUT2D eigenvalue weighted by Crippen LogP contribution is -2.27. The maximum atomic E-state index is 11.7. The summed E-state index contributed by atoms with van der Waals surface area (Å²) in [6.45, 7) is 21.4. The van der Waals surface area contributed by atoms with Crippen LogP contribution in [0, 0.1) is 0 Å². The summed E-state index contributed by atoms with van der Waals surface area (Å²) in [5.74, 6) is -2.33. The Kier molecular flexibility index (Phi) is 30.9. The highest BCUT2D eigenvalue weighted by Crippen LogP contribution is 2.16.